The highest BCUT2D eigenvalue weighted by molar-refractivity contribution is 6.18. The van der Waals surface area contributed by atoms with Crippen LogP contribution in [0.2, 0.25) is 0 Å². The minimum absolute atomic E-state index is 1.06. The van der Waals surface area contributed by atoms with Gasteiger partial charge in [0.1, 0.15) is 0 Å². The number of benzene rings is 4. The first-order valence-corrected chi connectivity index (χ1v) is 8.04. The second kappa shape index (κ2) is 3.88. The molecule has 0 saturated carbocycles. The second-order valence-electron chi connectivity index (χ2n) is 6.49. The molecule has 1 heterocycles. The van der Waals surface area contributed by atoms with Crippen LogP contribution in [0.25, 0.3) is 43.2 Å². The third-order valence-corrected chi connectivity index (χ3v) is 5.07. The highest BCUT2D eigenvalue weighted by Crippen LogP contribution is 2.36. The molecule has 106 valence electrons. The summed E-state index contributed by atoms with van der Waals surface area (Å²) in [4.78, 5) is 4.87. The van der Waals surface area contributed by atoms with Gasteiger partial charge in [-0.1, -0.05) is 48.5 Å². The number of hydrogen-bond donors (Lipinski definition) is 0. The largest absolute Gasteiger partial charge is 0.252 e. The van der Waals surface area contributed by atoms with E-state index in [0.717, 1.165) is 11.9 Å². The van der Waals surface area contributed by atoms with Crippen LogP contribution >= 0.6 is 0 Å². The van der Waals surface area contributed by atoms with Gasteiger partial charge in [0.25, 0.3) is 0 Å². The van der Waals surface area contributed by atoms with Crippen LogP contribution in [0.5, 0.6) is 0 Å². The summed E-state index contributed by atoms with van der Waals surface area (Å²) < 4.78 is 0. The monoisotopic (exact) mass is 291 g/mol. The highest BCUT2D eigenvalue weighted by atomic mass is 14.7. The topological polar surface area (TPSA) is 12.9 Å². The van der Waals surface area contributed by atoms with Gasteiger partial charge < -0.3 is 0 Å². The Morgan fingerprint density at radius 2 is 1.39 bits per heavy atom. The predicted octanol–water partition coefficient (Wildman–Crippen LogP) is 5.60. The van der Waals surface area contributed by atoms with Crippen LogP contribution in [0, 0.1) is 0 Å². The van der Waals surface area contributed by atoms with E-state index in [1.807, 2.05) is 0 Å². The minimum atomic E-state index is 1.06. The van der Waals surface area contributed by atoms with Crippen molar-refractivity contribution in [2.24, 2.45) is 0 Å². The smallest absolute Gasteiger partial charge is 0.0784 e. The number of hydrogen-bond acceptors (Lipinski definition) is 1. The van der Waals surface area contributed by atoms with Crippen LogP contribution in [-0.2, 0) is 6.42 Å². The van der Waals surface area contributed by atoms with Crippen LogP contribution in [0.15, 0.2) is 66.7 Å². The van der Waals surface area contributed by atoms with Gasteiger partial charge in [0, 0.05) is 22.9 Å². The van der Waals surface area contributed by atoms with E-state index in [1.54, 1.807) is 0 Å². The molecule has 0 aliphatic heterocycles. The van der Waals surface area contributed by atoms with E-state index < -0.39 is 0 Å². The molecule has 0 saturated heterocycles. The molecule has 23 heavy (non-hydrogen) atoms. The number of nitrogens with zero attached hydrogens (tertiary/aromatic N) is 1. The van der Waals surface area contributed by atoms with E-state index in [1.165, 1.54) is 49.0 Å². The molecule has 0 bridgehead atoms. The quantitative estimate of drug-likeness (QED) is 0.262. The third kappa shape index (κ3) is 1.54. The van der Waals surface area contributed by atoms with E-state index in [0.29, 0.717) is 0 Å². The Balaban J connectivity index is 1.83. The normalized spacial score (nSPS) is 13.0. The highest BCUT2D eigenvalue weighted by Gasteiger charge is 2.20. The standard InChI is InChI=1S/C22H13N/c1-2-4-14-11-20-15(9-13(14)3-1)5-8-19-18(20)7-6-16-10-17-12-21(17)23-22(16)19/h1-11H,12H2. The first-order valence-electron chi connectivity index (χ1n) is 8.04. The lowest BCUT2D eigenvalue weighted by Crippen LogP contribution is -1.84. The summed E-state index contributed by atoms with van der Waals surface area (Å²) in [5.41, 5.74) is 3.82. The Morgan fingerprint density at radius 1 is 0.609 bits per heavy atom. The van der Waals surface area contributed by atoms with Gasteiger partial charge in [-0.3, -0.25) is 4.98 Å². The molecule has 6 rings (SSSR count). The first kappa shape index (κ1) is 11.6. The fourth-order valence-corrected chi connectivity index (χ4v) is 3.78. The van der Waals surface area contributed by atoms with Crippen molar-refractivity contribution in [1.82, 2.24) is 4.98 Å². The summed E-state index contributed by atoms with van der Waals surface area (Å²) in [5.74, 6) is 0. The summed E-state index contributed by atoms with van der Waals surface area (Å²) in [6, 6.07) is 24.4. The Labute approximate surface area is 133 Å². The van der Waals surface area contributed by atoms with Crippen molar-refractivity contribution in [3.05, 3.63) is 78.0 Å². The van der Waals surface area contributed by atoms with Crippen LogP contribution in [-0.4, -0.2) is 4.98 Å². The second-order valence-corrected chi connectivity index (χ2v) is 6.49. The molecule has 0 spiro atoms. The first-order chi connectivity index (χ1) is 11.4. The maximum absolute atomic E-state index is 4.87. The van der Waals surface area contributed by atoms with Gasteiger partial charge in [0.2, 0.25) is 0 Å². The van der Waals surface area contributed by atoms with Crippen molar-refractivity contribution in [2.45, 2.75) is 6.42 Å². The molecule has 1 aliphatic carbocycles. The molecule has 4 aromatic carbocycles. The molecular formula is C22H13N. The fraction of sp³-hybridized carbons (Fsp3) is 0.0455. The van der Waals surface area contributed by atoms with E-state index in [9.17, 15) is 0 Å². The lowest BCUT2D eigenvalue weighted by molar-refractivity contribution is 1.38. The predicted molar refractivity (Wildman–Crippen MR) is 97.1 cm³/mol. The number of fused-ring (bicyclic) bond motifs is 7. The lowest BCUT2D eigenvalue weighted by atomic mass is 9.97. The molecular weight excluding hydrogens is 278 g/mol. The number of rotatable bonds is 0. The van der Waals surface area contributed by atoms with Gasteiger partial charge in [0.05, 0.1) is 5.52 Å². The van der Waals surface area contributed by atoms with Crippen LogP contribution in [0.4, 0.5) is 0 Å². The summed E-state index contributed by atoms with van der Waals surface area (Å²) in [6.07, 6.45) is 1.06. The van der Waals surface area contributed by atoms with Crippen molar-refractivity contribution >= 4 is 43.2 Å². The van der Waals surface area contributed by atoms with Crippen molar-refractivity contribution < 1.29 is 0 Å². The SMILES string of the molecule is c1ccc2cc3c(ccc4c3ccc3cc5c(nc34)C5)cc2c1. The number of pyridine rings is 1. The van der Waals surface area contributed by atoms with Gasteiger partial charge in [-0.15, -0.1) is 0 Å². The zero-order valence-corrected chi connectivity index (χ0v) is 12.5. The van der Waals surface area contributed by atoms with E-state index in [2.05, 4.69) is 66.7 Å². The molecule has 1 heteroatoms. The Kier molecular flexibility index (Phi) is 1.96. The summed E-state index contributed by atoms with van der Waals surface area (Å²) in [7, 11) is 0. The lowest BCUT2D eigenvalue weighted by Gasteiger charge is -2.08. The molecule has 0 amide bonds. The van der Waals surface area contributed by atoms with Gasteiger partial charge in [-0.25, -0.2) is 0 Å². The molecule has 1 nitrogen and oxygen atoms in total. The zero-order valence-electron chi connectivity index (χ0n) is 12.5. The Bertz CT molecular complexity index is 1280. The maximum Gasteiger partial charge on any atom is 0.0784 e. The van der Waals surface area contributed by atoms with E-state index in [-0.39, 0.29) is 0 Å². The van der Waals surface area contributed by atoms with Crippen LogP contribution in [0.3, 0.4) is 0 Å². The zero-order chi connectivity index (χ0) is 15.0. The molecule has 1 aromatic heterocycles. The molecule has 0 N–H and O–H groups in total. The molecule has 0 fully saturated rings. The van der Waals surface area contributed by atoms with Gasteiger partial charge in [-0.2, -0.15) is 0 Å². The fourth-order valence-electron chi connectivity index (χ4n) is 3.78. The van der Waals surface area contributed by atoms with Crippen molar-refractivity contribution in [3.8, 4) is 0 Å². The Hall–Kier alpha value is -2.93. The maximum atomic E-state index is 4.87. The van der Waals surface area contributed by atoms with Crippen LogP contribution in [0.1, 0.15) is 11.3 Å². The average Bonchev–Trinajstić information content (AvgIpc) is 3.35. The van der Waals surface area contributed by atoms with E-state index in [4.69, 9.17) is 4.98 Å². The molecule has 0 atom stereocenters. The van der Waals surface area contributed by atoms with E-state index >= 15 is 0 Å². The minimum Gasteiger partial charge on any atom is -0.252 e. The molecule has 1 aliphatic rings. The third-order valence-electron chi connectivity index (χ3n) is 5.07. The molecule has 5 aromatic rings. The summed E-state index contributed by atoms with van der Waals surface area (Å²) >= 11 is 0. The van der Waals surface area contributed by atoms with Gasteiger partial charge in [-0.05, 0) is 50.7 Å². The summed E-state index contributed by atoms with van der Waals surface area (Å²) in [6.45, 7) is 0. The average molecular weight is 291 g/mol. The Morgan fingerprint density at radius 3 is 2.30 bits per heavy atom. The van der Waals surface area contributed by atoms with Crippen LogP contribution < -0.4 is 0 Å². The van der Waals surface area contributed by atoms with Gasteiger partial charge in [0.15, 0.2) is 0 Å². The van der Waals surface area contributed by atoms with Crippen molar-refractivity contribution in [3.63, 3.8) is 0 Å². The van der Waals surface area contributed by atoms with Crippen molar-refractivity contribution in [1.29, 1.82) is 0 Å². The molecule has 0 radical (unpaired) electrons. The number of aromatic nitrogens is 1. The van der Waals surface area contributed by atoms with Gasteiger partial charge >= 0.3 is 0 Å². The van der Waals surface area contributed by atoms with Crippen molar-refractivity contribution in [2.75, 3.05) is 0 Å². The summed E-state index contributed by atoms with van der Waals surface area (Å²) in [5, 5.41) is 9.02. The molecule has 0 unspecified atom stereocenters.